The normalized spacial score (nSPS) is 15.5. The Balaban J connectivity index is 2.34. The summed E-state index contributed by atoms with van der Waals surface area (Å²) in [5, 5.41) is 3.14. The highest BCUT2D eigenvalue weighted by molar-refractivity contribution is 6.95. The predicted octanol–water partition coefficient (Wildman–Crippen LogP) is 3.43. The van der Waals surface area contributed by atoms with Crippen LogP contribution < -0.4 is 9.92 Å². The first kappa shape index (κ1) is 12.2. The standard InChI is InChI=1S/C15H20OSi/c1-12-6-5-7-15(12)17(3,4)14-10-8-13(16-2)9-11-14/h5-6,8-11H,7H2,1-4H3. The molecule has 1 aromatic rings. The van der Waals surface area contributed by atoms with Gasteiger partial charge in [-0.1, -0.05) is 53.3 Å². The minimum atomic E-state index is -1.48. The van der Waals surface area contributed by atoms with Crippen molar-refractivity contribution in [3.8, 4) is 5.75 Å². The van der Waals surface area contributed by atoms with Gasteiger partial charge in [0.25, 0.3) is 0 Å². The molecule has 1 aliphatic carbocycles. The van der Waals surface area contributed by atoms with Gasteiger partial charge in [-0.3, -0.25) is 0 Å². The molecular weight excluding hydrogens is 224 g/mol. The number of allylic oxidation sites excluding steroid dienone is 4. The molecule has 0 saturated carbocycles. The number of hydrogen-bond donors (Lipinski definition) is 0. The Bertz CT molecular complexity index is 466. The van der Waals surface area contributed by atoms with Crippen LogP contribution >= 0.6 is 0 Å². The first-order chi connectivity index (χ1) is 8.05. The Morgan fingerprint density at radius 3 is 2.24 bits per heavy atom. The van der Waals surface area contributed by atoms with Crippen molar-refractivity contribution in [1.82, 2.24) is 0 Å². The number of methoxy groups -OCH3 is 1. The van der Waals surface area contributed by atoms with Gasteiger partial charge < -0.3 is 4.74 Å². The molecule has 0 fully saturated rings. The molecule has 90 valence electrons. The van der Waals surface area contributed by atoms with Gasteiger partial charge in [-0.05, 0) is 25.5 Å². The van der Waals surface area contributed by atoms with Crippen molar-refractivity contribution in [3.05, 3.63) is 47.2 Å². The van der Waals surface area contributed by atoms with Crippen LogP contribution in [0.3, 0.4) is 0 Å². The summed E-state index contributed by atoms with van der Waals surface area (Å²) in [6.45, 7) is 7.10. The molecule has 0 unspecified atom stereocenters. The van der Waals surface area contributed by atoms with Gasteiger partial charge in [-0.25, -0.2) is 0 Å². The van der Waals surface area contributed by atoms with Gasteiger partial charge in [-0.2, -0.15) is 0 Å². The van der Waals surface area contributed by atoms with Gasteiger partial charge in [0.1, 0.15) is 13.8 Å². The highest BCUT2D eigenvalue weighted by Gasteiger charge is 2.30. The SMILES string of the molecule is COc1ccc([Si](C)(C)C2=C(C)C=CC2)cc1. The van der Waals surface area contributed by atoms with Crippen molar-refractivity contribution in [2.75, 3.05) is 7.11 Å². The zero-order chi connectivity index (χ0) is 12.5. The third kappa shape index (κ3) is 2.22. The lowest BCUT2D eigenvalue weighted by molar-refractivity contribution is 0.415. The lowest BCUT2D eigenvalue weighted by Gasteiger charge is -2.26. The molecule has 0 N–H and O–H groups in total. The van der Waals surface area contributed by atoms with E-state index in [1.165, 1.54) is 10.8 Å². The second kappa shape index (κ2) is 4.53. The van der Waals surface area contributed by atoms with Crippen LogP contribution in [0, 0.1) is 0 Å². The van der Waals surface area contributed by atoms with E-state index in [1.807, 2.05) is 0 Å². The molecule has 0 aromatic heterocycles. The summed E-state index contributed by atoms with van der Waals surface area (Å²) in [5.41, 5.74) is 1.47. The molecule has 1 aliphatic rings. The number of rotatable bonds is 3. The second-order valence-corrected chi connectivity index (χ2v) is 9.55. The molecule has 0 aliphatic heterocycles. The first-order valence-electron chi connectivity index (χ1n) is 6.07. The zero-order valence-electron chi connectivity index (χ0n) is 11.1. The average molecular weight is 244 g/mol. The van der Waals surface area contributed by atoms with E-state index in [2.05, 4.69) is 56.4 Å². The maximum absolute atomic E-state index is 5.22. The monoisotopic (exact) mass is 244 g/mol. The van der Waals surface area contributed by atoms with Gasteiger partial charge in [0.05, 0.1) is 7.11 Å². The van der Waals surface area contributed by atoms with Gasteiger partial charge in [0, 0.05) is 0 Å². The smallest absolute Gasteiger partial charge is 0.118 e. The van der Waals surface area contributed by atoms with Crippen molar-refractivity contribution in [3.63, 3.8) is 0 Å². The van der Waals surface area contributed by atoms with Crippen LogP contribution in [0.25, 0.3) is 0 Å². The Hall–Kier alpha value is -1.28. The van der Waals surface area contributed by atoms with E-state index in [4.69, 9.17) is 4.74 Å². The molecule has 0 saturated heterocycles. The third-order valence-electron chi connectivity index (χ3n) is 3.73. The van der Waals surface area contributed by atoms with Gasteiger partial charge in [0.2, 0.25) is 0 Å². The van der Waals surface area contributed by atoms with Crippen LogP contribution in [-0.2, 0) is 0 Å². The van der Waals surface area contributed by atoms with Crippen LogP contribution in [0.2, 0.25) is 13.1 Å². The summed E-state index contributed by atoms with van der Waals surface area (Å²) in [6.07, 6.45) is 5.67. The summed E-state index contributed by atoms with van der Waals surface area (Å²) in [4.78, 5) is 0. The van der Waals surface area contributed by atoms with E-state index in [1.54, 1.807) is 12.3 Å². The fraction of sp³-hybridized carbons (Fsp3) is 0.333. The quantitative estimate of drug-likeness (QED) is 0.740. The maximum Gasteiger partial charge on any atom is 0.118 e. The topological polar surface area (TPSA) is 9.23 Å². The van der Waals surface area contributed by atoms with Crippen molar-refractivity contribution in [2.24, 2.45) is 0 Å². The van der Waals surface area contributed by atoms with Crippen molar-refractivity contribution in [1.29, 1.82) is 0 Å². The van der Waals surface area contributed by atoms with Crippen molar-refractivity contribution >= 4 is 13.3 Å². The van der Waals surface area contributed by atoms with E-state index < -0.39 is 8.07 Å². The fourth-order valence-electron chi connectivity index (χ4n) is 2.55. The van der Waals surface area contributed by atoms with Crippen LogP contribution in [0.15, 0.2) is 47.2 Å². The zero-order valence-corrected chi connectivity index (χ0v) is 12.1. The molecule has 0 spiro atoms. The highest BCUT2D eigenvalue weighted by Crippen LogP contribution is 2.28. The second-order valence-electron chi connectivity index (χ2n) is 5.12. The highest BCUT2D eigenvalue weighted by atomic mass is 28.3. The van der Waals surface area contributed by atoms with E-state index in [-0.39, 0.29) is 0 Å². The van der Waals surface area contributed by atoms with Gasteiger partial charge >= 0.3 is 0 Å². The lowest BCUT2D eigenvalue weighted by atomic mass is 10.3. The molecule has 17 heavy (non-hydrogen) atoms. The molecule has 1 nitrogen and oxygen atoms in total. The van der Waals surface area contributed by atoms with E-state index >= 15 is 0 Å². The number of hydrogen-bond acceptors (Lipinski definition) is 1. The molecule has 0 amide bonds. The van der Waals surface area contributed by atoms with Gasteiger partial charge in [-0.15, -0.1) is 0 Å². The molecule has 0 atom stereocenters. The number of benzene rings is 1. The van der Waals surface area contributed by atoms with Crippen molar-refractivity contribution < 1.29 is 4.74 Å². The molecular formula is C15H20OSi. The van der Waals surface area contributed by atoms with Gasteiger partial charge in [0.15, 0.2) is 0 Å². The molecule has 0 heterocycles. The molecule has 0 radical (unpaired) electrons. The summed E-state index contributed by atoms with van der Waals surface area (Å²) < 4.78 is 5.22. The Labute approximate surface area is 105 Å². The van der Waals surface area contributed by atoms with Crippen LogP contribution in [-0.4, -0.2) is 15.2 Å². The minimum Gasteiger partial charge on any atom is -0.497 e. The predicted molar refractivity (Wildman–Crippen MR) is 76.6 cm³/mol. The lowest BCUT2D eigenvalue weighted by Crippen LogP contribution is -2.43. The molecule has 1 aromatic carbocycles. The Kier molecular flexibility index (Phi) is 3.25. The van der Waals surface area contributed by atoms with E-state index in [0.29, 0.717) is 0 Å². The summed E-state index contributed by atoms with van der Waals surface area (Å²) >= 11 is 0. The summed E-state index contributed by atoms with van der Waals surface area (Å²) in [7, 11) is 0.230. The number of ether oxygens (including phenoxy) is 1. The first-order valence-corrected chi connectivity index (χ1v) is 9.07. The van der Waals surface area contributed by atoms with Crippen molar-refractivity contribution in [2.45, 2.75) is 26.4 Å². The van der Waals surface area contributed by atoms with E-state index in [9.17, 15) is 0 Å². The Morgan fingerprint density at radius 2 is 1.76 bits per heavy atom. The van der Waals surface area contributed by atoms with E-state index in [0.717, 1.165) is 12.2 Å². The third-order valence-corrected chi connectivity index (χ3v) is 7.62. The maximum atomic E-state index is 5.22. The summed E-state index contributed by atoms with van der Waals surface area (Å²) in [6, 6.07) is 8.60. The molecule has 2 heteroatoms. The Morgan fingerprint density at radius 1 is 1.12 bits per heavy atom. The molecule has 0 bridgehead atoms. The van der Waals surface area contributed by atoms with Crippen LogP contribution in [0.1, 0.15) is 13.3 Å². The van der Waals surface area contributed by atoms with Crippen LogP contribution in [0.5, 0.6) is 5.75 Å². The minimum absolute atomic E-state index is 0.939. The average Bonchev–Trinajstić information content (AvgIpc) is 2.76. The van der Waals surface area contributed by atoms with Crippen LogP contribution in [0.4, 0.5) is 0 Å². The summed E-state index contributed by atoms with van der Waals surface area (Å²) in [5.74, 6) is 0.939. The largest absolute Gasteiger partial charge is 0.497 e. The molecule has 2 rings (SSSR count). The fourth-order valence-corrected chi connectivity index (χ4v) is 5.59.